The number of piperazine rings is 1. The molecular formula is C17H22BrN3O4S. The number of sulfonamides is 1. The molecule has 9 heteroatoms. The first-order valence-electron chi connectivity index (χ1n) is 8.60. The minimum absolute atomic E-state index is 0.0263. The Balaban J connectivity index is 1.51. The zero-order chi connectivity index (χ0) is 18.9. The van der Waals surface area contributed by atoms with Crippen molar-refractivity contribution in [3.63, 3.8) is 0 Å². The van der Waals surface area contributed by atoms with Gasteiger partial charge in [-0.3, -0.25) is 9.59 Å². The van der Waals surface area contributed by atoms with Gasteiger partial charge in [0, 0.05) is 36.6 Å². The number of carbonyl (C=O) groups excluding carboxylic acids is 2. The summed E-state index contributed by atoms with van der Waals surface area (Å²) < 4.78 is 27.5. The first-order valence-corrected chi connectivity index (χ1v) is 10.8. The Labute approximate surface area is 161 Å². The second-order valence-electron chi connectivity index (χ2n) is 6.78. The zero-order valence-corrected chi connectivity index (χ0v) is 16.9. The molecule has 26 heavy (non-hydrogen) atoms. The van der Waals surface area contributed by atoms with E-state index in [1.165, 1.54) is 4.31 Å². The zero-order valence-electron chi connectivity index (χ0n) is 14.5. The second-order valence-corrected chi connectivity index (χ2v) is 9.63. The molecule has 1 aromatic carbocycles. The Morgan fingerprint density at radius 3 is 2.27 bits per heavy atom. The molecule has 0 bridgehead atoms. The molecule has 1 saturated heterocycles. The van der Waals surface area contributed by atoms with Crippen LogP contribution in [-0.2, 0) is 19.6 Å². The Hall–Kier alpha value is -1.45. The fourth-order valence-electron chi connectivity index (χ4n) is 3.03. The van der Waals surface area contributed by atoms with E-state index >= 15 is 0 Å². The van der Waals surface area contributed by atoms with Gasteiger partial charge in [0.2, 0.25) is 21.8 Å². The molecule has 1 aromatic rings. The van der Waals surface area contributed by atoms with Crippen molar-refractivity contribution in [2.75, 3.05) is 32.7 Å². The Morgan fingerprint density at radius 2 is 1.73 bits per heavy atom. The van der Waals surface area contributed by atoms with Gasteiger partial charge in [0.05, 0.1) is 11.4 Å². The third-order valence-electron chi connectivity index (χ3n) is 4.90. The lowest BCUT2D eigenvalue weighted by Gasteiger charge is -2.34. The van der Waals surface area contributed by atoms with E-state index in [0.717, 1.165) is 10.9 Å². The number of carbonyl (C=O) groups is 2. The van der Waals surface area contributed by atoms with Crippen LogP contribution < -0.4 is 5.32 Å². The van der Waals surface area contributed by atoms with Crippen LogP contribution >= 0.6 is 15.9 Å². The van der Waals surface area contributed by atoms with Crippen LogP contribution in [0.1, 0.15) is 13.3 Å². The average molecular weight is 444 g/mol. The SMILES string of the molecule is C[C@@H]1C[C@@H]1C(=O)NCC(=O)N1CCN(S(=O)(=O)c2ccc(Br)cc2)CC1. The van der Waals surface area contributed by atoms with Gasteiger partial charge < -0.3 is 10.2 Å². The van der Waals surface area contributed by atoms with Gasteiger partial charge in [0.15, 0.2) is 0 Å². The number of nitrogens with one attached hydrogen (secondary N) is 1. The molecule has 1 aliphatic carbocycles. The highest BCUT2D eigenvalue weighted by atomic mass is 79.9. The number of rotatable bonds is 5. The van der Waals surface area contributed by atoms with E-state index in [-0.39, 0.29) is 42.3 Å². The molecule has 1 heterocycles. The molecule has 0 aromatic heterocycles. The first-order chi connectivity index (χ1) is 12.3. The van der Waals surface area contributed by atoms with Crippen LogP contribution in [0.15, 0.2) is 33.6 Å². The smallest absolute Gasteiger partial charge is 0.243 e. The minimum Gasteiger partial charge on any atom is -0.347 e. The average Bonchev–Trinajstić information content (AvgIpc) is 3.36. The largest absolute Gasteiger partial charge is 0.347 e. The number of amides is 2. The van der Waals surface area contributed by atoms with Gasteiger partial charge in [-0.25, -0.2) is 8.42 Å². The summed E-state index contributed by atoms with van der Waals surface area (Å²) in [6.07, 6.45) is 0.882. The predicted molar refractivity (Wildman–Crippen MR) is 99.8 cm³/mol. The fraction of sp³-hybridized carbons (Fsp3) is 0.529. The summed E-state index contributed by atoms with van der Waals surface area (Å²) in [4.78, 5) is 25.9. The number of benzene rings is 1. The molecule has 0 spiro atoms. The number of hydrogen-bond acceptors (Lipinski definition) is 4. The van der Waals surface area contributed by atoms with E-state index in [9.17, 15) is 18.0 Å². The quantitative estimate of drug-likeness (QED) is 0.736. The predicted octanol–water partition coefficient (Wildman–Crippen LogP) is 1.05. The first kappa shape index (κ1) is 19.3. The van der Waals surface area contributed by atoms with Crippen LogP contribution in [-0.4, -0.2) is 62.2 Å². The molecule has 3 rings (SSSR count). The summed E-state index contributed by atoms with van der Waals surface area (Å²) in [6.45, 7) is 3.13. The Morgan fingerprint density at radius 1 is 1.15 bits per heavy atom. The maximum Gasteiger partial charge on any atom is 0.243 e. The molecule has 2 aliphatic rings. The normalized spacial score (nSPS) is 23.5. The lowest BCUT2D eigenvalue weighted by molar-refractivity contribution is -0.134. The van der Waals surface area contributed by atoms with Gasteiger partial charge in [-0.1, -0.05) is 22.9 Å². The van der Waals surface area contributed by atoms with Crippen LogP contribution in [0.3, 0.4) is 0 Å². The van der Waals surface area contributed by atoms with E-state index in [1.807, 2.05) is 6.92 Å². The number of nitrogens with zero attached hydrogens (tertiary/aromatic N) is 2. The van der Waals surface area contributed by atoms with Crippen molar-refractivity contribution >= 4 is 37.8 Å². The van der Waals surface area contributed by atoms with E-state index in [1.54, 1.807) is 29.2 Å². The van der Waals surface area contributed by atoms with Gasteiger partial charge in [0.25, 0.3) is 0 Å². The molecule has 0 unspecified atom stereocenters. The van der Waals surface area contributed by atoms with Crippen molar-refractivity contribution in [2.45, 2.75) is 18.2 Å². The monoisotopic (exact) mass is 443 g/mol. The van der Waals surface area contributed by atoms with Crippen LogP contribution in [0.4, 0.5) is 0 Å². The highest BCUT2D eigenvalue weighted by Crippen LogP contribution is 2.37. The fourth-order valence-corrected chi connectivity index (χ4v) is 4.71. The molecule has 2 fully saturated rings. The van der Waals surface area contributed by atoms with Crippen molar-refractivity contribution in [1.29, 1.82) is 0 Å². The standard InChI is InChI=1S/C17H22BrN3O4S/c1-12-10-15(12)17(23)19-11-16(22)20-6-8-21(9-7-20)26(24,25)14-4-2-13(18)3-5-14/h2-5,12,15H,6-11H2,1H3,(H,19,23)/t12-,15+/m1/s1. The van der Waals surface area contributed by atoms with Gasteiger partial charge in [-0.2, -0.15) is 4.31 Å². The molecule has 1 aliphatic heterocycles. The Bertz CT molecular complexity index is 789. The summed E-state index contributed by atoms with van der Waals surface area (Å²) in [6, 6.07) is 6.50. The molecular weight excluding hydrogens is 422 g/mol. The van der Waals surface area contributed by atoms with E-state index < -0.39 is 10.0 Å². The maximum absolute atomic E-state index is 12.7. The van der Waals surface area contributed by atoms with Gasteiger partial charge in [-0.15, -0.1) is 0 Å². The third kappa shape index (κ3) is 4.27. The van der Waals surface area contributed by atoms with Crippen molar-refractivity contribution in [3.05, 3.63) is 28.7 Å². The number of hydrogen-bond donors (Lipinski definition) is 1. The van der Waals surface area contributed by atoms with E-state index in [0.29, 0.717) is 19.0 Å². The third-order valence-corrected chi connectivity index (χ3v) is 7.34. The summed E-state index contributed by atoms with van der Waals surface area (Å²) in [5, 5.41) is 2.68. The second kappa shape index (κ2) is 7.66. The highest BCUT2D eigenvalue weighted by molar-refractivity contribution is 9.10. The molecule has 1 N–H and O–H groups in total. The highest BCUT2D eigenvalue weighted by Gasteiger charge is 2.39. The van der Waals surface area contributed by atoms with Crippen molar-refractivity contribution in [3.8, 4) is 0 Å². The molecule has 2 atom stereocenters. The van der Waals surface area contributed by atoms with Crippen molar-refractivity contribution in [2.24, 2.45) is 11.8 Å². The summed E-state index contributed by atoms with van der Waals surface area (Å²) in [7, 11) is -3.56. The van der Waals surface area contributed by atoms with Crippen LogP contribution in [0.5, 0.6) is 0 Å². The summed E-state index contributed by atoms with van der Waals surface area (Å²) in [5.41, 5.74) is 0. The minimum atomic E-state index is -3.56. The number of halogens is 1. The molecule has 0 radical (unpaired) electrons. The summed E-state index contributed by atoms with van der Waals surface area (Å²) >= 11 is 3.29. The lowest BCUT2D eigenvalue weighted by Crippen LogP contribution is -2.52. The molecule has 142 valence electrons. The van der Waals surface area contributed by atoms with Crippen LogP contribution in [0.25, 0.3) is 0 Å². The van der Waals surface area contributed by atoms with E-state index in [4.69, 9.17) is 0 Å². The Kier molecular flexibility index (Phi) is 5.69. The topological polar surface area (TPSA) is 86.8 Å². The molecule has 7 nitrogen and oxygen atoms in total. The maximum atomic E-state index is 12.7. The van der Waals surface area contributed by atoms with Gasteiger partial charge in [-0.05, 0) is 36.6 Å². The van der Waals surface area contributed by atoms with Crippen LogP contribution in [0.2, 0.25) is 0 Å². The van der Waals surface area contributed by atoms with E-state index in [2.05, 4.69) is 21.2 Å². The van der Waals surface area contributed by atoms with Gasteiger partial charge in [0.1, 0.15) is 0 Å². The van der Waals surface area contributed by atoms with Crippen molar-refractivity contribution in [1.82, 2.24) is 14.5 Å². The van der Waals surface area contributed by atoms with Gasteiger partial charge >= 0.3 is 0 Å². The molecule has 2 amide bonds. The van der Waals surface area contributed by atoms with Crippen LogP contribution in [0, 0.1) is 11.8 Å². The summed E-state index contributed by atoms with van der Waals surface area (Å²) in [5.74, 6) is 0.197. The van der Waals surface area contributed by atoms with Crippen molar-refractivity contribution < 1.29 is 18.0 Å². The lowest BCUT2D eigenvalue weighted by atomic mass is 10.3. The molecule has 1 saturated carbocycles.